The van der Waals surface area contributed by atoms with Crippen LogP contribution in [0.15, 0.2) is 24.3 Å². The Kier molecular flexibility index (Phi) is 9.56. The summed E-state index contributed by atoms with van der Waals surface area (Å²) in [6.45, 7) is 5.28. The molecule has 1 aromatic carbocycles. The monoisotopic (exact) mass is 533 g/mol. The number of carbonyl (C=O) groups is 2. The lowest BCUT2D eigenvalue weighted by molar-refractivity contribution is -0.384. The molecular formula is C27H39N3O8. The number of nitrogens with zero attached hydrogens (tertiary/aromatic N) is 2. The fourth-order valence-electron chi connectivity index (χ4n) is 5.58. The van der Waals surface area contributed by atoms with Gasteiger partial charge in [-0.2, -0.15) is 0 Å². The Morgan fingerprint density at radius 1 is 1.18 bits per heavy atom. The summed E-state index contributed by atoms with van der Waals surface area (Å²) in [5, 5.41) is 13.8. The first-order valence-corrected chi connectivity index (χ1v) is 13.5. The van der Waals surface area contributed by atoms with E-state index in [9.17, 15) is 19.7 Å². The van der Waals surface area contributed by atoms with Gasteiger partial charge < -0.3 is 29.2 Å². The van der Waals surface area contributed by atoms with Gasteiger partial charge in [0.15, 0.2) is 0 Å². The quantitative estimate of drug-likeness (QED) is 0.258. The van der Waals surface area contributed by atoms with Gasteiger partial charge >= 0.3 is 12.1 Å². The van der Waals surface area contributed by atoms with E-state index in [0.717, 1.165) is 45.4 Å². The van der Waals surface area contributed by atoms with Gasteiger partial charge in [-0.25, -0.2) is 4.79 Å². The number of fused-ring (bicyclic) bond motifs is 3. The van der Waals surface area contributed by atoms with Crippen LogP contribution in [0.2, 0.25) is 0 Å². The summed E-state index contributed by atoms with van der Waals surface area (Å²) in [6.07, 6.45) is 5.31. The van der Waals surface area contributed by atoms with E-state index in [1.165, 1.54) is 19.2 Å². The lowest BCUT2D eigenvalue weighted by atomic mass is 9.72. The molecule has 0 aromatic heterocycles. The third kappa shape index (κ3) is 7.42. The molecule has 2 bridgehead atoms. The van der Waals surface area contributed by atoms with Crippen molar-refractivity contribution in [3.63, 3.8) is 0 Å². The van der Waals surface area contributed by atoms with E-state index in [0.29, 0.717) is 37.7 Å². The summed E-state index contributed by atoms with van der Waals surface area (Å²) in [7, 11) is 1.42. The van der Waals surface area contributed by atoms with Crippen LogP contribution in [0.1, 0.15) is 51.0 Å². The molecule has 11 heteroatoms. The minimum atomic E-state index is -0.576. The standard InChI is InChI=1S/C27H39N3O8/c1-19(37-17-27-11-7-23(8-12-27)38-18-27)24(15-29-13-9-21(10-14-29)25(31)35-2)28-26(32)36-16-20-3-5-22(6-4-20)30(33)34/h3-6,19,21,23-24H,7-18H2,1-2H3,(H,28,32)/t19-,23?,24-,27?/m1/s1. The molecule has 2 atom stereocenters. The number of likely N-dealkylation sites (tertiary alicyclic amines) is 1. The number of hydrogen-bond donors (Lipinski definition) is 1. The lowest BCUT2D eigenvalue weighted by Crippen LogP contribution is -2.53. The van der Waals surface area contributed by atoms with Crippen LogP contribution >= 0.6 is 0 Å². The molecule has 1 aliphatic carbocycles. The molecule has 1 N–H and O–H groups in total. The normalized spacial score (nSPS) is 25.4. The molecule has 0 spiro atoms. The summed E-state index contributed by atoms with van der Waals surface area (Å²) < 4.78 is 22.6. The molecule has 11 nitrogen and oxygen atoms in total. The van der Waals surface area contributed by atoms with Crippen LogP contribution in [0.3, 0.4) is 0 Å². The Hall–Kier alpha value is -2.76. The van der Waals surface area contributed by atoms with Crippen molar-refractivity contribution in [2.45, 2.75) is 70.3 Å². The highest BCUT2D eigenvalue weighted by Crippen LogP contribution is 2.43. The van der Waals surface area contributed by atoms with Crippen LogP contribution in [0.5, 0.6) is 0 Å². The number of carbonyl (C=O) groups excluding carboxylic acids is 2. The minimum absolute atomic E-state index is 0.00206. The summed E-state index contributed by atoms with van der Waals surface area (Å²) in [6, 6.07) is 5.58. The van der Waals surface area contributed by atoms with E-state index >= 15 is 0 Å². The number of nitro benzene ring substituents is 1. The van der Waals surface area contributed by atoms with Crippen molar-refractivity contribution >= 4 is 17.7 Å². The number of hydrogen-bond acceptors (Lipinski definition) is 9. The molecule has 5 rings (SSSR count). The zero-order valence-electron chi connectivity index (χ0n) is 22.3. The number of ether oxygens (including phenoxy) is 4. The number of rotatable bonds is 11. The summed E-state index contributed by atoms with van der Waals surface area (Å²) in [4.78, 5) is 37.3. The summed E-state index contributed by atoms with van der Waals surface area (Å²) in [5.41, 5.74) is 0.683. The van der Waals surface area contributed by atoms with Crippen molar-refractivity contribution in [3.8, 4) is 0 Å². The second-order valence-electron chi connectivity index (χ2n) is 10.9. The van der Waals surface area contributed by atoms with Crippen LogP contribution in [0.4, 0.5) is 10.5 Å². The third-order valence-electron chi connectivity index (χ3n) is 8.23. The maximum atomic E-state index is 12.8. The van der Waals surface area contributed by atoms with Gasteiger partial charge in [0, 0.05) is 24.1 Å². The molecular weight excluding hydrogens is 494 g/mol. The molecule has 4 aliphatic rings. The van der Waals surface area contributed by atoms with Crippen molar-refractivity contribution in [2.24, 2.45) is 11.3 Å². The van der Waals surface area contributed by atoms with Gasteiger partial charge in [0.05, 0.1) is 49.4 Å². The topological polar surface area (TPSA) is 129 Å². The van der Waals surface area contributed by atoms with E-state index in [-0.39, 0.29) is 41.7 Å². The first-order chi connectivity index (χ1) is 18.3. The Labute approximate surface area is 223 Å². The highest BCUT2D eigenvalue weighted by atomic mass is 16.6. The van der Waals surface area contributed by atoms with E-state index in [1.807, 2.05) is 6.92 Å². The van der Waals surface area contributed by atoms with Crippen molar-refractivity contribution in [1.82, 2.24) is 10.2 Å². The van der Waals surface area contributed by atoms with E-state index < -0.39 is 11.0 Å². The van der Waals surface area contributed by atoms with Crippen molar-refractivity contribution in [1.29, 1.82) is 0 Å². The van der Waals surface area contributed by atoms with Crippen molar-refractivity contribution in [2.75, 3.05) is 40.0 Å². The number of nitrogens with one attached hydrogen (secondary N) is 1. The van der Waals surface area contributed by atoms with Crippen LogP contribution in [-0.2, 0) is 30.3 Å². The SMILES string of the molecule is COC(=O)C1CCN(C[C@@H](NC(=O)OCc2ccc([N+](=O)[O-])cc2)[C@@H](C)OCC23CCC(CC2)OC3)CC1. The molecule has 0 unspecified atom stereocenters. The third-order valence-corrected chi connectivity index (χ3v) is 8.23. The highest BCUT2D eigenvalue weighted by molar-refractivity contribution is 5.72. The zero-order valence-corrected chi connectivity index (χ0v) is 22.3. The van der Waals surface area contributed by atoms with E-state index in [1.54, 1.807) is 12.1 Å². The van der Waals surface area contributed by atoms with Crippen LogP contribution in [0.25, 0.3) is 0 Å². The van der Waals surface area contributed by atoms with Gasteiger partial charge in [-0.3, -0.25) is 14.9 Å². The molecule has 3 saturated heterocycles. The van der Waals surface area contributed by atoms with E-state index in [4.69, 9.17) is 18.9 Å². The second-order valence-corrected chi connectivity index (χ2v) is 10.9. The minimum Gasteiger partial charge on any atom is -0.469 e. The number of methoxy groups -OCH3 is 1. The van der Waals surface area contributed by atoms with Gasteiger partial charge in [-0.1, -0.05) is 0 Å². The fourth-order valence-corrected chi connectivity index (χ4v) is 5.58. The first kappa shape index (κ1) is 28.3. The Balaban J connectivity index is 1.33. The predicted molar refractivity (Wildman–Crippen MR) is 137 cm³/mol. The van der Waals surface area contributed by atoms with E-state index in [2.05, 4.69) is 10.2 Å². The second kappa shape index (κ2) is 12.9. The fraction of sp³-hybridized carbons (Fsp3) is 0.704. The predicted octanol–water partition coefficient (Wildman–Crippen LogP) is 3.44. The highest BCUT2D eigenvalue weighted by Gasteiger charge is 2.42. The number of esters is 1. The molecule has 3 aliphatic heterocycles. The lowest BCUT2D eigenvalue weighted by Gasteiger charge is -2.46. The van der Waals surface area contributed by atoms with Gasteiger partial charge in [-0.15, -0.1) is 0 Å². The van der Waals surface area contributed by atoms with Gasteiger partial charge in [-0.05, 0) is 76.2 Å². The summed E-state index contributed by atoms with van der Waals surface area (Å²) in [5.74, 6) is -0.266. The average molecular weight is 534 g/mol. The number of benzene rings is 1. The van der Waals surface area contributed by atoms with Gasteiger partial charge in [0.25, 0.3) is 5.69 Å². The number of alkyl carbamates (subject to hydrolysis) is 1. The average Bonchev–Trinajstić information content (AvgIpc) is 2.95. The number of nitro groups is 1. The Morgan fingerprint density at radius 3 is 2.45 bits per heavy atom. The zero-order chi connectivity index (χ0) is 27.1. The summed E-state index contributed by atoms with van der Waals surface area (Å²) >= 11 is 0. The molecule has 4 fully saturated rings. The van der Waals surface area contributed by atoms with Crippen LogP contribution in [0, 0.1) is 21.4 Å². The molecule has 1 saturated carbocycles. The van der Waals surface area contributed by atoms with Gasteiger partial charge in [0.2, 0.25) is 0 Å². The Bertz CT molecular complexity index is 942. The number of amides is 1. The number of piperidine rings is 1. The van der Waals surface area contributed by atoms with Crippen molar-refractivity contribution in [3.05, 3.63) is 39.9 Å². The smallest absolute Gasteiger partial charge is 0.407 e. The molecule has 0 radical (unpaired) electrons. The molecule has 38 heavy (non-hydrogen) atoms. The maximum absolute atomic E-state index is 12.8. The molecule has 1 amide bonds. The van der Waals surface area contributed by atoms with Crippen LogP contribution in [-0.4, -0.2) is 80.1 Å². The Morgan fingerprint density at radius 2 is 1.87 bits per heavy atom. The van der Waals surface area contributed by atoms with Gasteiger partial charge in [0.1, 0.15) is 6.61 Å². The maximum Gasteiger partial charge on any atom is 0.407 e. The van der Waals surface area contributed by atoms with Crippen molar-refractivity contribution < 1.29 is 33.5 Å². The van der Waals surface area contributed by atoms with Crippen LogP contribution < -0.4 is 5.32 Å². The first-order valence-electron chi connectivity index (χ1n) is 13.5. The molecule has 3 heterocycles. The molecule has 1 aromatic rings. The number of non-ortho nitro benzene ring substituents is 1. The largest absolute Gasteiger partial charge is 0.469 e. The molecule has 210 valence electrons.